The van der Waals surface area contributed by atoms with Crippen molar-refractivity contribution in [1.29, 1.82) is 0 Å². The van der Waals surface area contributed by atoms with Gasteiger partial charge in [0.1, 0.15) is 22.0 Å². The second kappa shape index (κ2) is 12.8. The van der Waals surface area contributed by atoms with Crippen molar-refractivity contribution in [2.75, 3.05) is 23.2 Å². The van der Waals surface area contributed by atoms with Gasteiger partial charge >= 0.3 is 23.5 Å². The third-order valence-electron chi connectivity index (χ3n) is 3.29. The number of aryl methyl sites for hydroxylation is 2. The highest BCUT2D eigenvalue weighted by Gasteiger charge is 2.25. The minimum absolute atomic E-state index is 0. The molecule has 0 atom stereocenters. The first-order valence-electron chi connectivity index (χ1n) is 8.20. The van der Waals surface area contributed by atoms with Crippen molar-refractivity contribution in [3.63, 3.8) is 0 Å². The lowest BCUT2D eigenvalue weighted by atomic mass is 10.6. The Morgan fingerprint density at radius 2 is 1.14 bits per heavy atom. The standard InChI is InChI=1S/C4H8N10.2C2H3N6O2.2H2O/c5-3-11-9-1(13(3)7)2-10-12-4(6)14(2)8;2*1-7-2(3-5-6-7)4-8(9)10;;/h7-8H2,(H4,5,6,9,10,11,12);2*1H3;2*1H2/q;2*-1;;/p+2. The summed E-state index contributed by atoms with van der Waals surface area (Å²) in [6.45, 7) is 0. The smallest absolute Gasteiger partial charge is 0.396 e. The number of H-pyrrole nitrogens is 2. The first-order chi connectivity index (χ1) is 16.0. The lowest BCUT2D eigenvalue weighted by Gasteiger charge is -1.98. The summed E-state index contributed by atoms with van der Waals surface area (Å²) >= 11 is 0. The van der Waals surface area contributed by atoms with Gasteiger partial charge in [-0.1, -0.05) is 10.9 Å². The number of aromatic nitrogens is 14. The Hall–Kier alpha value is -6.06. The van der Waals surface area contributed by atoms with Crippen molar-refractivity contribution in [3.8, 4) is 11.6 Å². The summed E-state index contributed by atoms with van der Waals surface area (Å²) in [5.41, 5.74) is 16.6. The first kappa shape index (κ1) is 29.9. The van der Waals surface area contributed by atoms with Crippen LogP contribution in [0.4, 0.5) is 23.8 Å². The number of rotatable bonds is 5. The predicted octanol–water partition coefficient (Wildman–Crippen LogP) is -6.87. The van der Waals surface area contributed by atoms with E-state index < -0.39 is 10.1 Å². The van der Waals surface area contributed by atoms with Crippen molar-refractivity contribution >= 4 is 23.8 Å². The van der Waals surface area contributed by atoms with Gasteiger partial charge in [-0.05, 0) is 14.1 Å². The van der Waals surface area contributed by atoms with Crippen molar-refractivity contribution in [3.05, 3.63) is 31.1 Å². The summed E-state index contributed by atoms with van der Waals surface area (Å²) in [7, 11) is 2.92. The highest BCUT2D eigenvalue weighted by molar-refractivity contribution is 5.35. The molecule has 28 heteroatoms. The molecule has 0 saturated heterocycles. The molecule has 36 heavy (non-hydrogen) atoms. The molecule has 14 N–H and O–H groups in total. The molecule has 0 aliphatic carbocycles. The fourth-order valence-electron chi connectivity index (χ4n) is 1.76. The zero-order chi connectivity index (χ0) is 25.4. The van der Waals surface area contributed by atoms with Gasteiger partial charge in [0, 0.05) is 10.2 Å². The molecule has 0 radical (unpaired) electrons. The summed E-state index contributed by atoms with van der Waals surface area (Å²) < 4.78 is 4.44. The number of nitrogens with two attached hydrogens (primary N) is 4. The highest BCUT2D eigenvalue weighted by Crippen LogP contribution is 2.09. The zero-order valence-corrected chi connectivity index (χ0v) is 18.1. The van der Waals surface area contributed by atoms with E-state index in [0.717, 1.165) is 18.7 Å². The van der Waals surface area contributed by atoms with Gasteiger partial charge in [0.15, 0.2) is 0 Å². The van der Waals surface area contributed by atoms with Gasteiger partial charge in [-0.15, -0.1) is 40.4 Å². The maximum absolute atomic E-state index is 9.75. The molecule has 198 valence electrons. The molecule has 4 aromatic heterocycles. The summed E-state index contributed by atoms with van der Waals surface area (Å²) in [5, 5.41) is 49.7. The van der Waals surface area contributed by atoms with Crippen molar-refractivity contribution in [2.45, 2.75) is 0 Å². The second-order valence-corrected chi connectivity index (χ2v) is 5.48. The molecule has 0 aliphatic heterocycles. The number of nitrogen functional groups attached to an aromatic ring is 4. The Kier molecular flexibility index (Phi) is 10.7. The van der Waals surface area contributed by atoms with Crippen LogP contribution in [0.2, 0.25) is 0 Å². The molecule has 0 fully saturated rings. The van der Waals surface area contributed by atoms with Gasteiger partial charge in [-0.25, -0.2) is 30.4 Å². The van der Waals surface area contributed by atoms with Crippen LogP contribution < -0.4 is 32.5 Å². The van der Waals surface area contributed by atoms with Gasteiger partial charge in [0.25, 0.3) is 0 Å². The maximum Gasteiger partial charge on any atom is 0.396 e. The fourth-order valence-corrected chi connectivity index (χ4v) is 1.76. The molecule has 0 aromatic carbocycles. The Morgan fingerprint density at radius 3 is 1.33 bits per heavy atom. The Morgan fingerprint density at radius 1 is 0.806 bits per heavy atom. The third kappa shape index (κ3) is 7.52. The molecule has 0 saturated carbocycles. The number of anilines is 2. The predicted molar refractivity (Wildman–Crippen MR) is 111 cm³/mol. The van der Waals surface area contributed by atoms with Crippen LogP contribution in [-0.2, 0) is 14.1 Å². The zero-order valence-electron chi connectivity index (χ0n) is 18.1. The molecule has 0 unspecified atom stereocenters. The van der Waals surface area contributed by atoms with Crippen LogP contribution in [0.5, 0.6) is 0 Å². The van der Waals surface area contributed by atoms with Gasteiger partial charge in [-0.2, -0.15) is 0 Å². The molecule has 28 nitrogen and oxygen atoms in total. The third-order valence-corrected chi connectivity index (χ3v) is 3.29. The van der Waals surface area contributed by atoms with E-state index in [1.807, 2.05) is 0 Å². The van der Waals surface area contributed by atoms with Crippen LogP contribution in [0.15, 0.2) is 0 Å². The summed E-state index contributed by atoms with van der Waals surface area (Å²) in [6, 6.07) is 0. The van der Waals surface area contributed by atoms with Gasteiger partial charge in [-0.3, -0.25) is 11.7 Å². The van der Waals surface area contributed by atoms with E-state index in [1.54, 1.807) is 0 Å². The largest absolute Gasteiger partial charge is 0.412 e. The minimum Gasteiger partial charge on any atom is -0.412 e. The maximum atomic E-state index is 9.75. The van der Waals surface area contributed by atoms with Crippen molar-refractivity contribution in [2.24, 2.45) is 14.1 Å². The average molecular weight is 520 g/mol. The fraction of sp³-hybridized carbons (Fsp3) is 0.250. The number of aromatic amines is 2. The second-order valence-electron chi connectivity index (χ2n) is 5.48. The van der Waals surface area contributed by atoms with Crippen LogP contribution in [0.1, 0.15) is 0 Å². The summed E-state index contributed by atoms with van der Waals surface area (Å²) in [6.07, 6.45) is 0. The molecule has 0 amide bonds. The van der Waals surface area contributed by atoms with Crippen LogP contribution >= 0.6 is 0 Å². The quantitative estimate of drug-likeness (QED) is 0.0615. The Bertz CT molecular complexity index is 1160. The topological polar surface area (TPSA) is 434 Å². The van der Waals surface area contributed by atoms with Crippen LogP contribution in [0, 0.1) is 20.2 Å². The molecule has 0 bridgehead atoms. The van der Waals surface area contributed by atoms with Gasteiger partial charge < -0.3 is 31.8 Å². The first-order valence-corrected chi connectivity index (χ1v) is 8.20. The van der Waals surface area contributed by atoms with E-state index in [9.17, 15) is 20.2 Å². The summed E-state index contributed by atoms with van der Waals surface area (Å²) in [5.74, 6) is 11.8. The van der Waals surface area contributed by atoms with Gasteiger partial charge in [0.2, 0.25) is 0 Å². The van der Waals surface area contributed by atoms with Crippen molar-refractivity contribution < 1.29 is 30.4 Å². The monoisotopic (exact) mass is 520 g/mol. The van der Waals surface area contributed by atoms with E-state index >= 15 is 0 Å². The lowest BCUT2D eigenvalue weighted by molar-refractivity contribution is -0.643. The molecular weight excluding hydrogens is 500 g/mol. The van der Waals surface area contributed by atoms with Gasteiger partial charge in [0.05, 0.1) is 0 Å². The SMILES string of the molecule is Cn1nnnc1[N-][N+](=O)[O-].Cn1nnnc1[N-][N+](=O)[O-].Nc1n[nH]c(-c2[nH]nc(N)[n+]2N)[n+]1N.O.O. The molecule has 4 rings (SSSR count). The number of tetrazole rings is 2. The number of nitrogens with one attached hydrogen (secondary N) is 2. The average Bonchev–Trinajstić information content (AvgIpc) is 3.51. The van der Waals surface area contributed by atoms with Crippen LogP contribution in [0.3, 0.4) is 0 Å². The molecule has 4 aromatic rings. The normalized spacial score (nSPS) is 9.28. The minimum atomic E-state index is -0.855. The molecule has 0 aliphatic rings. The highest BCUT2D eigenvalue weighted by atomic mass is 16.7. The van der Waals surface area contributed by atoms with E-state index in [2.05, 4.69) is 62.3 Å². The van der Waals surface area contributed by atoms with E-state index in [-0.39, 0.29) is 34.7 Å². The Balaban J connectivity index is 0.000000508. The van der Waals surface area contributed by atoms with E-state index in [4.69, 9.17) is 23.2 Å². The van der Waals surface area contributed by atoms with Crippen LogP contribution in [-0.4, -0.2) is 81.8 Å². The Labute approximate surface area is 196 Å². The lowest BCUT2D eigenvalue weighted by Crippen LogP contribution is -2.53. The van der Waals surface area contributed by atoms with E-state index in [1.165, 1.54) is 14.1 Å². The van der Waals surface area contributed by atoms with Crippen LogP contribution in [0.25, 0.3) is 22.5 Å². The number of nitro groups is 2. The number of hydrogen-bond acceptors (Lipinski definition) is 16. The summed E-state index contributed by atoms with van der Waals surface area (Å²) in [4.78, 5) is 19.5. The molecular formula is C8H20N22O6. The number of nitrogens with zero attached hydrogens (tertiary/aromatic N) is 16. The number of hydrogen-bond donors (Lipinski definition) is 6. The van der Waals surface area contributed by atoms with E-state index in [0.29, 0.717) is 11.6 Å². The molecule has 0 spiro atoms. The van der Waals surface area contributed by atoms with Crippen molar-refractivity contribution in [1.82, 2.24) is 60.8 Å². The molecule has 4 heterocycles.